The van der Waals surface area contributed by atoms with Crippen molar-refractivity contribution in [2.24, 2.45) is 5.92 Å². The number of aliphatic hydroxyl groups excluding tert-OH is 3. The largest absolute Gasteiger partial charge is 0.598 e. The number of hydrogen-bond acceptors (Lipinski definition) is 7. The Labute approximate surface area is 164 Å². The van der Waals surface area contributed by atoms with E-state index in [1.54, 1.807) is 0 Å². The molecule has 0 aromatic heterocycles. The number of nitrogens with one attached hydrogen (secondary N) is 1. The first-order chi connectivity index (χ1) is 12.1. The molecular formula is C18H33NO5S2. The average molecular weight is 408 g/mol. The lowest BCUT2D eigenvalue weighted by atomic mass is 9.88. The Morgan fingerprint density at radius 1 is 1.15 bits per heavy atom. The van der Waals surface area contributed by atoms with Gasteiger partial charge < -0.3 is 24.6 Å². The van der Waals surface area contributed by atoms with Crippen LogP contribution in [0.15, 0.2) is 12.2 Å². The topological polar surface area (TPSA) is 105 Å². The normalized spacial score (nSPS) is 42.4. The number of aliphatic hydroxyl groups is 3. The summed E-state index contributed by atoms with van der Waals surface area (Å²) < 4.78 is 21.4. The molecule has 0 radical (unpaired) electrons. The second-order valence-electron chi connectivity index (χ2n) is 8.12. The van der Waals surface area contributed by atoms with Crippen LogP contribution in [0.1, 0.15) is 47.0 Å². The molecule has 0 spiro atoms. The predicted molar refractivity (Wildman–Crippen MR) is 106 cm³/mol. The molecule has 26 heavy (non-hydrogen) atoms. The van der Waals surface area contributed by atoms with E-state index in [4.69, 9.17) is 4.74 Å². The highest BCUT2D eigenvalue weighted by Gasteiger charge is 2.49. The van der Waals surface area contributed by atoms with Crippen molar-refractivity contribution >= 4 is 23.1 Å². The van der Waals surface area contributed by atoms with Crippen molar-refractivity contribution in [2.75, 3.05) is 5.75 Å². The van der Waals surface area contributed by atoms with E-state index in [0.29, 0.717) is 0 Å². The van der Waals surface area contributed by atoms with Gasteiger partial charge in [-0.25, -0.2) is 0 Å². The summed E-state index contributed by atoms with van der Waals surface area (Å²) in [7, 11) is 0. The number of ether oxygens (including phenoxy) is 1. The molecular weight excluding hydrogens is 374 g/mol. The van der Waals surface area contributed by atoms with Crippen LogP contribution in [0.5, 0.6) is 0 Å². The van der Waals surface area contributed by atoms with Crippen LogP contribution in [0.3, 0.4) is 0 Å². The van der Waals surface area contributed by atoms with Crippen LogP contribution in [-0.4, -0.2) is 66.3 Å². The van der Waals surface area contributed by atoms with Crippen LogP contribution in [0.25, 0.3) is 0 Å². The molecule has 6 nitrogen and oxygen atoms in total. The summed E-state index contributed by atoms with van der Waals surface area (Å²) in [5.74, 6) is 0.751. The first kappa shape index (κ1) is 22.5. The summed E-state index contributed by atoms with van der Waals surface area (Å²) in [4.78, 5) is 0. The zero-order valence-corrected chi connectivity index (χ0v) is 17.6. The monoisotopic (exact) mass is 407 g/mol. The van der Waals surface area contributed by atoms with Crippen molar-refractivity contribution in [3.05, 3.63) is 12.2 Å². The lowest BCUT2D eigenvalue weighted by Crippen LogP contribution is -2.64. The maximum Gasteiger partial charge on any atom is 0.136 e. The van der Waals surface area contributed by atoms with Crippen molar-refractivity contribution in [3.63, 3.8) is 0 Å². The van der Waals surface area contributed by atoms with Gasteiger partial charge in [-0.2, -0.15) is 0 Å². The van der Waals surface area contributed by atoms with E-state index in [0.717, 1.165) is 25.0 Å². The lowest BCUT2D eigenvalue weighted by Gasteiger charge is -2.45. The number of fused-ring (bicyclic) bond motifs is 2. The van der Waals surface area contributed by atoms with Gasteiger partial charge >= 0.3 is 0 Å². The molecule has 2 heterocycles. The summed E-state index contributed by atoms with van der Waals surface area (Å²) in [5.41, 5.74) is -0.610. The van der Waals surface area contributed by atoms with Crippen LogP contribution in [0, 0.1) is 5.92 Å². The first-order valence-electron chi connectivity index (χ1n) is 9.29. The molecule has 2 bridgehead atoms. The summed E-state index contributed by atoms with van der Waals surface area (Å²) in [5, 5.41) is 31.2. The van der Waals surface area contributed by atoms with Crippen LogP contribution >= 0.6 is 11.8 Å². The molecule has 2 aliphatic rings. The van der Waals surface area contributed by atoms with Crippen molar-refractivity contribution in [1.29, 1.82) is 0 Å². The highest BCUT2D eigenvalue weighted by molar-refractivity contribution is 7.99. The Balaban J connectivity index is 2.30. The van der Waals surface area contributed by atoms with Gasteiger partial charge in [0.15, 0.2) is 0 Å². The van der Waals surface area contributed by atoms with Gasteiger partial charge in [-0.15, -0.1) is 16.5 Å². The highest BCUT2D eigenvalue weighted by atomic mass is 32.2. The molecule has 8 atom stereocenters. The molecule has 0 amide bonds. The van der Waals surface area contributed by atoms with Gasteiger partial charge in [0.25, 0.3) is 0 Å². The van der Waals surface area contributed by atoms with Crippen molar-refractivity contribution in [1.82, 2.24) is 4.72 Å². The summed E-state index contributed by atoms with van der Waals surface area (Å²) in [6.07, 6.45) is 2.70. The van der Waals surface area contributed by atoms with Crippen molar-refractivity contribution in [3.8, 4) is 0 Å². The van der Waals surface area contributed by atoms with E-state index in [-0.39, 0.29) is 5.92 Å². The Morgan fingerprint density at radius 3 is 2.50 bits per heavy atom. The third-order valence-corrected chi connectivity index (χ3v) is 7.65. The van der Waals surface area contributed by atoms with Crippen LogP contribution in [0.4, 0.5) is 0 Å². The molecule has 0 aromatic rings. The fourth-order valence-corrected chi connectivity index (χ4v) is 5.19. The minimum absolute atomic E-state index is 0.0616. The van der Waals surface area contributed by atoms with Crippen LogP contribution in [0.2, 0.25) is 0 Å². The standard InChI is InChI=1S/C18H33NO5S2/c1-11-9-7-5-6-8-10-25-17-15(22)13(20)14(21)16(24-17)12(11)19-26(23)18(2,3)4/h7,9,11-17,19-22H,5-6,8,10H2,1-4H3/b9-7+/t11-,12-,13?,14?,15?,16?,17?,26?/m1/s1. The second kappa shape index (κ2) is 9.60. The van der Waals surface area contributed by atoms with E-state index >= 15 is 0 Å². The molecule has 0 saturated carbocycles. The molecule has 1 saturated heterocycles. The Morgan fingerprint density at radius 2 is 1.85 bits per heavy atom. The number of rotatable bonds is 2. The van der Waals surface area contributed by atoms with E-state index in [1.165, 1.54) is 11.8 Å². The second-order valence-corrected chi connectivity index (χ2v) is 11.3. The Hall–Kier alpha value is 0.200. The number of allylic oxidation sites excluding steroid dienone is 1. The molecule has 8 heteroatoms. The van der Waals surface area contributed by atoms with Gasteiger partial charge in [-0.3, -0.25) is 0 Å². The smallest absolute Gasteiger partial charge is 0.136 e. The van der Waals surface area contributed by atoms with E-state index in [1.807, 2.05) is 27.7 Å². The van der Waals surface area contributed by atoms with Gasteiger partial charge in [0.05, 0.1) is 6.04 Å². The fraction of sp³-hybridized carbons (Fsp3) is 0.889. The molecule has 4 N–H and O–H groups in total. The molecule has 1 fully saturated rings. The highest BCUT2D eigenvalue weighted by Crippen LogP contribution is 2.33. The summed E-state index contributed by atoms with van der Waals surface area (Å²) >= 11 is 0.104. The molecule has 2 aliphatic heterocycles. The van der Waals surface area contributed by atoms with Gasteiger partial charge in [-0.1, -0.05) is 19.1 Å². The van der Waals surface area contributed by atoms with Gasteiger partial charge in [-0.05, 0) is 51.7 Å². The Kier molecular flexibility index (Phi) is 8.31. The van der Waals surface area contributed by atoms with E-state index < -0.39 is 52.0 Å². The Bertz CT molecular complexity index is 473. The lowest BCUT2D eigenvalue weighted by molar-refractivity contribution is -0.205. The van der Waals surface area contributed by atoms with Crippen molar-refractivity contribution < 1.29 is 24.6 Å². The zero-order valence-electron chi connectivity index (χ0n) is 16.0. The van der Waals surface area contributed by atoms with Crippen LogP contribution < -0.4 is 4.72 Å². The SMILES string of the molecule is C[C@@H]1/C=C/CCCCSC2OC(C(O)C(O)C2O)[C@@H]1N[S+]([O-])C(C)(C)C. The zero-order chi connectivity index (χ0) is 19.5. The van der Waals surface area contributed by atoms with E-state index in [2.05, 4.69) is 16.9 Å². The maximum atomic E-state index is 12.7. The van der Waals surface area contributed by atoms with Gasteiger partial charge in [0.1, 0.15) is 34.6 Å². The minimum atomic E-state index is -1.36. The minimum Gasteiger partial charge on any atom is -0.598 e. The molecule has 0 aliphatic carbocycles. The van der Waals surface area contributed by atoms with Crippen molar-refractivity contribution in [2.45, 2.75) is 87.6 Å². The van der Waals surface area contributed by atoms with E-state index in [9.17, 15) is 19.9 Å². The predicted octanol–water partition coefficient (Wildman–Crippen LogP) is 1.32. The molecule has 6 unspecified atom stereocenters. The summed E-state index contributed by atoms with van der Waals surface area (Å²) in [6.45, 7) is 7.61. The first-order valence-corrected chi connectivity index (χ1v) is 11.5. The molecule has 152 valence electrons. The third kappa shape index (κ3) is 5.61. The van der Waals surface area contributed by atoms with Gasteiger partial charge in [0, 0.05) is 11.4 Å². The van der Waals surface area contributed by atoms with Gasteiger partial charge in [0.2, 0.25) is 0 Å². The molecule has 0 aromatic carbocycles. The summed E-state index contributed by atoms with van der Waals surface area (Å²) in [6, 6.07) is -0.453. The quantitative estimate of drug-likeness (QED) is 0.404. The maximum absolute atomic E-state index is 12.7. The van der Waals surface area contributed by atoms with Crippen LogP contribution in [-0.2, 0) is 16.1 Å². The fourth-order valence-electron chi connectivity index (χ4n) is 3.08. The number of hydrogen-bond donors (Lipinski definition) is 4. The average Bonchev–Trinajstić information content (AvgIpc) is 2.56. The third-order valence-electron chi connectivity index (χ3n) is 4.81. The number of thioether (sulfide) groups is 1. The molecule has 2 rings (SSSR count).